The minimum Gasteiger partial charge on any atom is -0.495 e. The van der Waals surface area contributed by atoms with Crippen LogP contribution in [0.2, 0.25) is 0 Å². The van der Waals surface area contributed by atoms with Crippen molar-refractivity contribution in [3.8, 4) is 5.75 Å². The summed E-state index contributed by atoms with van der Waals surface area (Å²) in [6.07, 6.45) is 0. The van der Waals surface area contributed by atoms with Crippen molar-refractivity contribution in [2.24, 2.45) is 0 Å². The molecule has 2 amide bonds. The standard InChI is InChI=1S/C25H21FN2O3/c1-15-8-13-19(16(2)14-15)27-23-22(17-9-11-18(26)12-10-17)24(29)28(25(23)30)20-6-4-5-7-21(20)31-3/h4-14,27H,1-3H3. The van der Waals surface area contributed by atoms with E-state index in [-0.39, 0.29) is 11.3 Å². The predicted molar refractivity (Wildman–Crippen MR) is 118 cm³/mol. The van der Waals surface area contributed by atoms with Crippen LogP contribution in [0.1, 0.15) is 16.7 Å². The molecule has 1 aliphatic heterocycles. The zero-order valence-corrected chi connectivity index (χ0v) is 17.4. The second kappa shape index (κ2) is 8.07. The Balaban J connectivity index is 1.86. The average Bonchev–Trinajstić information content (AvgIpc) is 3.00. The van der Waals surface area contributed by atoms with Crippen LogP contribution in [-0.2, 0) is 9.59 Å². The number of para-hydroxylation sites is 2. The van der Waals surface area contributed by atoms with Crippen LogP contribution in [0.5, 0.6) is 5.75 Å². The molecule has 0 aromatic heterocycles. The highest BCUT2D eigenvalue weighted by molar-refractivity contribution is 6.46. The van der Waals surface area contributed by atoms with E-state index in [4.69, 9.17) is 4.74 Å². The van der Waals surface area contributed by atoms with E-state index in [0.29, 0.717) is 22.7 Å². The second-order valence-corrected chi connectivity index (χ2v) is 7.32. The first kappa shape index (κ1) is 20.3. The zero-order valence-electron chi connectivity index (χ0n) is 17.4. The van der Waals surface area contributed by atoms with Gasteiger partial charge in [0.1, 0.15) is 17.3 Å². The van der Waals surface area contributed by atoms with Crippen LogP contribution in [0.3, 0.4) is 0 Å². The Morgan fingerprint density at radius 3 is 2.29 bits per heavy atom. The third-order valence-electron chi connectivity index (χ3n) is 5.18. The number of carbonyl (C=O) groups excluding carboxylic acids is 2. The summed E-state index contributed by atoms with van der Waals surface area (Å²) in [7, 11) is 1.48. The lowest BCUT2D eigenvalue weighted by molar-refractivity contribution is -0.120. The first-order valence-electron chi connectivity index (χ1n) is 9.77. The Hall–Kier alpha value is -3.93. The maximum atomic E-state index is 13.5. The van der Waals surface area contributed by atoms with Crippen LogP contribution in [0, 0.1) is 19.7 Å². The molecule has 4 rings (SSSR count). The minimum atomic E-state index is -0.506. The molecule has 0 radical (unpaired) electrons. The molecule has 1 aliphatic rings. The van der Waals surface area contributed by atoms with Crippen molar-refractivity contribution < 1.29 is 18.7 Å². The molecule has 0 aliphatic carbocycles. The number of anilines is 2. The highest BCUT2D eigenvalue weighted by atomic mass is 19.1. The van der Waals surface area contributed by atoms with Gasteiger partial charge in [0.05, 0.1) is 18.4 Å². The molecule has 0 saturated heterocycles. The Morgan fingerprint density at radius 2 is 1.61 bits per heavy atom. The van der Waals surface area contributed by atoms with Crippen LogP contribution in [0.15, 0.2) is 72.4 Å². The Labute approximate surface area is 179 Å². The van der Waals surface area contributed by atoms with E-state index in [1.807, 2.05) is 32.0 Å². The number of imide groups is 1. The first-order valence-corrected chi connectivity index (χ1v) is 9.77. The molecule has 1 N–H and O–H groups in total. The smallest absolute Gasteiger partial charge is 0.282 e. The van der Waals surface area contributed by atoms with Gasteiger partial charge in [-0.05, 0) is 55.3 Å². The number of ether oxygens (including phenoxy) is 1. The van der Waals surface area contributed by atoms with Gasteiger partial charge in [-0.25, -0.2) is 9.29 Å². The summed E-state index contributed by atoms with van der Waals surface area (Å²) in [5.41, 5.74) is 3.83. The van der Waals surface area contributed by atoms with Gasteiger partial charge in [0, 0.05) is 5.69 Å². The fourth-order valence-corrected chi connectivity index (χ4v) is 3.65. The monoisotopic (exact) mass is 416 g/mol. The fourth-order valence-electron chi connectivity index (χ4n) is 3.65. The summed E-state index contributed by atoms with van der Waals surface area (Å²) < 4.78 is 18.9. The molecule has 3 aromatic carbocycles. The molecule has 6 heteroatoms. The average molecular weight is 416 g/mol. The highest BCUT2D eigenvalue weighted by Gasteiger charge is 2.41. The van der Waals surface area contributed by atoms with Crippen LogP contribution < -0.4 is 15.0 Å². The molecular weight excluding hydrogens is 395 g/mol. The van der Waals surface area contributed by atoms with Crippen LogP contribution in [0.4, 0.5) is 15.8 Å². The molecule has 1 heterocycles. The van der Waals surface area contributed by atoms with E-state index in [1.165, 1.54) is 31.4 Å². The summed E-state index contributed by atoms with van der Waals surface area (Å²) in [5.74, 6) is -1.04. The number of methoxy groups -OCH3 is 1. The van der Waals surface area contributed by atoms with E-state index < -0.39 is 17.6 Å². The zero-order chi connectivity index (χ0) is 22.1. The third kappa shape index (κ3) is 3.68. The van der Waals surface area contributed by atoms with Crippen molar-refractivity contribution in [3.05, 3.63) is 94.9 Å². The number of aryl methyl sites for hydroxylation is 2. The molecule has 5 nitrogen and oxygen atoms in total. The molecule has 0 saturated carbocycles. The fraction of sp³-hybridized carbons (Fsp3) is 0.120. The maximum absolute atomic E-state index is 13.5. The first-order chi connectivity index (χ1) is 14.9. The second-order valence-electron chi connectivity index (χ2n) is 7.32. The number of hydrogen-bond donors (Lipinski definition) is 1. The SMILES string of the molecule is COc1ccccc1N1C(=O)C(Nc2ccc(C)cc2C)=C(c2ccc(F)cc2)C1=O. The lowest BCUT2D eigenvalue weighted by Gasteiger charge is -2.18. The van der Waals surface area contributed by atoms with E-state index in [9.17, 15) is 14.0 Å². The molecule has 3 aromatic rings. The molecular formula is C25H21FN2O3. The van der Waals surface area contributed by atoms with Crippen molar-refractivity contribution in [1.29, 1.82) is 0 Å². The normalized spacial score (nSPS) is 13.7. The van der Waals surface area contributed by atoms with E-state index in [1.54, 1.807) is 24.3 Å². The van der Waals surface area contributed by atoms with Crippen molar-refractivity contribution >= 4 is 28.8 Å². The number of benzene rings is 3. The Bertz CT molecular complexity index is 1220. The van der Waals surface area contributed by atoms with Crippen LogP contribution in [-0.4, -0.2) is 18.9 Å². The summed E-state index contributed by atoms with van der Waals surface area (Å²) in [4.78, 5) is 28.0. The van der Waals surface area contributed by atoms with Crippen molar-refractivity contribution in [2.45, 2.75) is 13.8 Å². The third-order valence-corrected chi connectivity index (χ3v) is 5.18. The number of hydrogen-bond acceptors (Lipinski definition) is 4. The van der Waals surface area contributed by atoms with Gasteiger partial charge in [-0.3, -0.25) is 9.59 Å². The molecule has 0 spiro atoms. The number of halogens is 1. The van der Waals surface area contributed by atoms with Crippen molar-refractivity contribution in [2.75, 3.05) is 17.3 Å². The largest absolute Gasteiger partial charge is 0.495 e. The topological polar surface area (TPSA) is 58.6 Å². The van der Waals surface area contributed by atoms with Gasteiger partial charge in [-0.1, -0.05) is 42.0 Å². The minimum absolute atomic E-state index is 0.134. The highest BCUT2D eigenvalue weighted by Crippen LogP contribution is 2.38. The molecule has 0 atom stereocenters. The summed E-state index contributed by atoms with van der Waals surface area (Å²) in [6, 6.07) is 18.1. The molecule has 0 unspecified atom stereocenters. The molecule has 0 bridgehead atoms. The quantitative estimate of drug-likeness (QED) is 0.604. The van der Waals surface area contributed by atoms with Gasteiger partial charge in [-0.2, -0.15) is 0 Å². The van der Waals surface area contributed by atoms with E-state index in [0.717, 1.165) is 16.0 Å². The maximum Gasteiger partial charge on any atom is 0.282 e. The number of nitrogens with one attached hydrogen (secondary N) is 1. The summed E-state index contributed by atoms with van der Waals surface area (Å²) >= 11 is 0. The number of rotatable bonds is 5. The predicted octanol–water partition coefficient (Wildman–Crippen LogP) is 4.85. The van der Waals surface area contributed by atoms with Gasteiger partial charge in [-0.15, -0.1) is 0 Å². The van der Waals surface area contributed by atoms with Gasteiger partial charge in [0.2, 0.25) is 0 Å². The lowest BCUT2D eigenvalue weighted by atomic mass is 10.0. The van der Waals surface area contributed by atoms with Crippen molar-refractivity contribution in [3.63, 3.8) is 0 Å². The number of amides is 2. The van der Waals surface area contributed by atoms with Crippen LogP contribution >= 0.6 is 0 Å². The summed E-state index contributed by atoms with van der Waals surface area (Å²) in [6.45, 7) is 3.90. The summed E-state index contributed by atoms with van der Waals surface area (Å²) in [5, 5.41) is 3.15. The molecule has 31 heavy (non-hydrogen) atoms. The lowest BCUT2D eigenvalue weighted by Crippen LogP contribution is -2.32. The van der Waals surface area contributed by atoms with Gasteiger partial charge >= 0.3 is 0 Å². The molecule has 156 valence electrons. The van der Waals surface area contributed by atoms with Crippen molar-refractivity contribution in [1.82, 2.24) is 0 Å². The number of carbonyl (C=O) groups is 2. The van der Waals surface area contributed by atoms with Gasteiger partial charge in [0.25, 0.3) is 11.8 Å². The van der Waals surface area contributed by atoms with Gasteiger partial charge < -0.3 is 10.1 Å². The Morgan fingerprint density at radius 1 is 0.903 bits per heavy atom. The number of nitrogens with zero attached hydrogens (tertiary/aromatic N) is 1. The van der Waals surface area contributed by atoms with Crippen LogP contribution in [0.25, 0.3) is 5.57 Å². The van der Waals surface area contributed by atoms with E-state index in [2.05, 4.69) is 5.32 Å². The Kier molecular flexibility index (Phi) is 5.29. The van der Waals surface area contributed by atoms with Gasteiger partial charge in [0.15, 0.2) is 0 Å². The molecule has 0 fully saturated rings. The van der Waals surface area contributed by atoms with E-state index >= 15 is 0 Å².